The van der Waals surface area contributed by atoms with Gasteiger partial charge in [-0.1, -0.05) is 26.8 Å². The van der Waals surface area contributed by atoms with Crippen LogP contribution < -0.4 is 0 Å². The highest BCUT2D eigenvalue weighted by Crippen LogP contribution is 2.45. The van der Waals surface area contributed by atoms with Crippen LogP contribution in [-0.2, 0) is 6.42 Å². The fourth-order valence-corrected chi connectivity index (χ4v) is 4.86. The van der Waals surface area contributed by atoms with Gasteiger partial charge in [0.2, 0.25) is 0 Å². The fraction of sp³-hybridized carbons (Fsp3) is 0.579. The molecule has 1 aliphatic rings. The molecule has 0 unspecified atom stereocenters. The number of piperidine rings is 1. The van der Waals surface area contributed by atoms with Gasteiger partial charge in [0, 0.05) is 19.2 Å². The molecule has 0 aliphatic carbocycles. The number of aromatic nitrogens is 2. The Hall–Kier alpha value is -1.31. The molecular weight excluding hydrogens is 429 g/mol. The predicted molar refractivity (Wildman–Crippen MR) is 107 cm³/mol. The first-order valence-corrected chi connectivity index (χ1v) is 9.88. The molecule has 1 amide bonds. The summed E-state index contributed by atoms with van der Waals surface area (Å²) >= 11 is 2.34. The van der Waals surface area contributed by atoms with E-state index >= 15 is 0 Å². The summed E-state index contributed by atoms with van der Waals surface area (Å²) in [6.07, 6.45) is 4.74. The molecule has 2 aromatic heterocycles. The molecule has 5 nitrogen and oxygen atoms in total. The third-order valence-electron chi connectivity index (χ3n) is 5.68. The molecular formula is C19H26IN3O2. The summed E-state index contributed by atoms with van der Waals surface area (Å²) < 4.78 is 3.19. The lowest BCUT2D eigenvalue weighted by atomic mass is 9.65. The number of hydrogen-bond acceptors (Lipinski definition) is 2. The van der Waals surface area contributed by atoms with E-state index in [1.165, 1.54) is 0 Å². The number of halogens is 1. The number of fused-ring (bicyclic) bond motifs is 1. The van der Waals surface area contributed by atoms with Gasteiger partial charge in [0.05, 0.1) is 11.2 Å². The topological polar surface area (TPSA) is 57.8 Å². The molecule has 1 atom stereocenters. The van der Waals surface area contributed by atoms with Crippen LogP contribution in [0, 0.1) is 16.0 Å². The minimum absolute atomic E-state index is 0.167. The molecule has 0 bridgehead atoms. The Kier molecular flexibility index (Phi) is 4.77. The van der Waals surface area contributed by atoms with Crippen molar-refractivity contribution in [1.82, 2.24) is 14.3 Å². The summed E-state index contributed by atoms with van der Waals surface area (Å²) in [4.78, 5) is 18.6. The largest absolute Gasteiger partial charge is 0.465 e. The van der Waals surface area contributed by atoms with Gasteiger partial charge in [-0.2, -0.15) is 0 Å². The third-order valence-corrected chi connectivity index (χ3v) is 6.82. The molecule has 1 aliphatic heterocycles. The van der Waals surface area contributed by atoms with Crippen molar-refractivity contribution in [3.63, 3.8) is 0 Å². The van der Waals surface area contributed by atoms with Gasteiger partial charge in [0.15, 0.2) is 0 Å². The van der Waals surface area contributed by atoms with Crippen molar-refractivity contribution in [2.75, 3.05) is 6.54 Å². The number of pyridine rings is 1. The van der Waals surface area contributed by atoms with Crippen molar-refractivity contribution in [3.8, 4) is 0 Å². The van der Waals surface area contributed by atoms with Crippen LogP contribution in [0.5, 0.6) is 0 Å². The lowest BCUT2D eigenvalue weighted by molar-refractivity contribution is -0.0252. The molecule has 2 aromatic rings. The van der Waals surface area contributed by atoms with Crippen LogP contribution in [0.3, 0.4) is 0 Å². The normalized spacial score (nSPS) is 21.7. The fourth-order valence-electron chi connectivity index (χ4n) is 4.16. The zero-order valence-electron chi connectivity index (χ0n) is 15.3. The SMILES string of the molecule is Cc1cccn2c(I)c(C[C@]3(C(C)(C)C)CCCCN3C(=O)O)nc12. The van der Waals surface area contributed by atoms with E-state index in [2.05, 4.69) is 60.8 Å². The number of carboxylic acid groups (broad SMARTS) is 1. The second-order valence-electron chi connectivity index (χ2n) is 8.08. The van der Waals surface area contributed by atoms with Crippen molar-refractivity contribution in [2.45, 2.75) is 58.9 Å². The third kappa shape index (κ3) is 3.02. The van der Waals surface area contributed by atoms with E-state index in [9.17, 15) is 9.90 Å². The van der Waals surface area contributed by atoms with E-state index in [4.69, 9.17) is 4.98 Å². The van der Waals surface area contributed by atoms with Gasteiger partial charge in [-0.15, -0.1) is 0 Å². The first kappa shape index (κ1) is 18.5. The maximum absolute atomic E-state index is 12.0. The van der Waals surface area contributed by atoms with Crippen LogP contribution in [0.4, 0.5) is 4.79 Å². The van der Waals surface area contributed by atoms with E-state index in [0.717, 1.165) is 39.9 Å². The summed E-state index contributed by atoms with van der Waals surface area (Å²) in [5.74, 6) is 0. The van der Waals surface area contributed by atoms with Crippen LogP contribution in [-0.4, -0.2) is 37.6 Å². The summed E-state index contributed by atoms with van der Waals surface area (Å²) in [6, 6.07) is 4.09. The lowest BCUT2D eigenvalue weighted by Gasteiger charge is -2.53. The Morgan fingerprint density at radius 3 is 2.72 bits per heavy atom. The molecule has 6 heteroatoms. The second kappa shape index (κ2) is 6.45. The number of nitrogens with zero attached hydrogens (tertiary/aromatic N) is 3. The van der Waals surface area contributed by atoms with Gasteiger partial charge in [0.25, 0.3) is 0 Å². The summed E-state index contributed by atoms with van der Waals surface area (Å²) in [7, 11) is 0. The number of imidazole rings is 1. The average molecular weight is 455 g/mol. The number of rotatable bonds is 2. The van der Waals surface area contributed by atoms with Gasteiger partial charge in [-0.05, 0) is 65.8 Å². The second-order valence-corrected chi connectivity index (χ2v) is 9.11. The van der Waals surface area contributed by atoms with Crippen molar-refractivity contribution < 1.29 is 9.90 Å². The van der Waals surface area contributed by atoms with Crippen molar-refractivity contribution >= 4 is 34.3 Å². The monoisotopic (exact) mass is 455 g/mol. The number of aryl methyl sites for hydroxylation is 1. The first-order chi connectivity index (χ1) is 11.7. The van der Waals surface area contributed by atoms with E-state index in [1.54, 1.807) is 4.90 Å². The first-order valence-electron chi connectivity index (χ1n) is 8.80. The van der Waals surface area contributed by atoms with Gasteiger partial charge >= 0.3 is 6.09 Å². The lowest BCUT2D eigenvalue weighted by Crippen LogP contribution is -2.62. The Morgan fingerprint density at radius 2 is 2.12 bits per heavy atom. The van der Waals surface area contributed by atoms with E-state index < -0.39 is 11.6 Å². The molecule has 0 aromatic carbocycles. The maximum atomic E-state index is 12.0. The van der Waals surface area contributed by atoms with Crippen molar-refractivity contribution in [2.24, 2.45) is 5.41 Å². The average Bonchev–Trinajstić information content (AvgIpc) is 2.85. The molecule has 3 heterocycles. The zero-order chi connectivity index (χ0) is 18.4. The highest BCUT2D eigenvalue weighted by atomic mass is 127. The predicted octanol–water partition coefficient (Wildman–Crippen LogP) is 4.74. The molecule has 1 N–H and O–H groups in total. The molecule has 0 radical (unpaired) electrons. The maximum Gasteiger partial charge on any atom is 0.407 e. The Morgan fingerprint density at radius 1 is 1.40 bits per heavy atom. The number of carbonyl (C=O) groups is 1. The quantitative estimate of drug-likeness (QED) is 0.666. The molecule has 1 fully saturated rings. The number of amides is 1. The highest BCUT2D eigenvalue weighted by molar-refractivity contribution is 14.1. The summed E-state index contributed by atoms with van der Waals surface area (Å²) in [6.45, 7) is 9.13. The number of hydrogen-bond donors (Lipinski definition) is 1. The molecule has 0 saturated carbocycles. The van der Waals surface area contributed by atoms with Crippen LogP contribution in [0.1, 0.15) is 51.3 Å². The summed E-state index contributed by atoms with van der Waals surface area (Å²) in [5, 5.41) is 9.87. The highest BCUT2D eigenvalue weighted by Gasteiger charge is 2.50. The van der Waals surface area contributed by atoms with Gasteiger partial charge < -0.3 is 10.0 Å². The zero-order valence-corrected chi connectivity index (χ0v) is 17.5. The summed E-state index contributed by atoms with van der Waals surface area (Å²) in [5.41, 5.74) is 2.50. The molecule has 0 spiro atoms. The smallest absolute Gasteiger partial charge is 0.407 e. The number of likely N-dealkylation sites (tertiary alicyclic amines) is 1. The van der Waals surface area contributed by atoms with Gasteiger partial charge in [-0.3, -0.25) is 4.40 Å². The minimum Gasteiger partial charge on any atom is -0.465 e. The molecule has 136 valence electrons. The Bertz CT molecular complexity index is 809. The minimum atomic E-state index is -0.815. The van der Waals surface area contributed by atoms with Crippen molar-refractivity contribution in [3.05, 3.63) is 33.3 Å². The van der Waals surface area contributed by atoms with Crippen molar-refractivity contribution in [1.29, 1.82) is 0 Å². The van der Waals surface area contributed by atoms with Gasteiger partial charge in [0.1, 0.15) is 9.35 Å². The molecule has 25 heavy (non-hydrogen) atoms. The van der Waals surface area contributed by atoms with Crippen LogP contribution in [0.15, 0.2) is 18.3 Å². The Labute approximate surface area is 162 Å². The van der Waals surface area contributed by atoms with E-state index in [-0.39, 0.29) is 5.41 Å². The molecule has 3 rings (SSSR count). The standard InChI is InChI=1S/C19H26IN3O2/c1-13-8-7-10-22-15(20)14(21-16(13)22)12-19(18(2,3)4)9-5-6-11-23(19)17(24)25/h7-8,10H,5-6,9,11-12H2,1-4H3,(H,24,25)/t19-/m0/s1. The Balaban J connectivity index is 2.12. The van der Waals surface area contributed by atoms with Crippen LogP contribution in [0.2, 0.25) is 0 Å². The van der Waals surface area contributed by atoms with Gasteiger partial charge in [-0.25, -0.2) is 9.78 Å². The van der Waals surface area contributed by atoms with E-state index in [0.29, 0.717) is 13.0 Å². The molecule has 1 saturated heterocycles. The van der Waals surface area contributed by atoms with Crippen LogP contribution >= 0.6 is 22.6 Å². The van der Waals surface area contributed by atoms with E-state index in [1.807, 2.05) is 12.3 Å². The van der Waals surface area contributed by atoms with Crippen LogP contribution in [0.25, 0.3) is 5.65 Å².